The van der Waals surface area contributed by atoms with Crippen molar-refractivity contribution < 1.29 is 9.90 Å². The van der Waals surface area contributed by atoms with Gasteiger partial charge in [-0.05, 0) is 24.3 Å². The van der Waals surface area contributed by atoms with Gasteiger partial charge in [-0.25, -0.2) is 14.8 Å². The lowest BCUT2D eigenvalue weighted by Crippen LogP contribution is -2.29. The second-order valence-corrected chi connectivity index (χ2v) is 5.38. The number of anilines is 1. The lowest BCUT2D eigenvalue weighted by atomic mass is 10.1. The van der Waals surface area contributed by atoms with Crippen LogP contribution in [0.1, 0.15) is 31.7 Å². The van der Waals surface area contributed by atoms with E-state index >= 15 is 0 Å². The van der Waals surface area contributed by atoms with E-state index in [1.165, 1.54) is 17.7 Å². The number of unbranched alkanes of at least 4 members (excludes halogenated alkanes) is 1. The number of thiophene rings is 1. The number of hydrogen-bond acceptors (Lipinski definition) is 5. The first-order valence-corrected chi connectivity index (χ1v) is 7.19. The Morgan fingerprint density at radius 3 is 3.00 bits per heavy atom. The summed E-state index contributed by atoms with van der Waals surface area (Å²) in [6.07, 6.45) is 3.93. The summed E-state index contributed by atoms with van der Waals surface area (Å²) in [6.45, 7) is 4.03. The van der Waals surface area contributed by atoms with Gasteiger partial charge in [0.1, 0.15) is 18.2 Å². The molecule has 102 valence electrons. The highest BCUT2D eigenvalue weighted by molar-refractivity contribution is 7.18. The predicted octanol–water partition coefficient (Wildman–Crippen LogP) is 3.06. The molecule has 0 saturated carbocycles. The minimum absolute atomic E-state index is 0.597. The molecule has 0 aromatic carbocycles. The molecule has 2 N–H and O–H groups in total. The molecular formula is C13H17N3O2S. The predicted molar refractivity (Wildman–Crippen MR) is 76.7 cm³/mol. The third-order valence-corrected chi connectivity index (χ3v) is 4.08. The number of nitrogens with one attached hydrogen (secondary N) is 1. The van der Waals surface area contributed by atoms with Crippen LogP contribution in [0.2, 0.25) is 0 Å². The Kier molecular flexibility index (Phi) is 4.31. The van der Waals surface area contributed by atoms with E-state index in [4.69, 9.17) is 0 Å². The van der Waals surface area contributed by atoms with Crippen LogP contribution in [-0.4, -0.2) is 27.1 Å². The summed E-state index contributed by atoms with van der Waals surface area (Å²) in [5, 5.41) is 14.3. The van der Waals surface area contributed by atoms with Gasteiger partial charge in [0.05, 0.1) is 10.2 Å². The van der Waals surface area contributed by atoms with Gasteiger partial charge in [-0.15, -0.1) is 11.3 Å². The van der Waals surface area contributed by atoms with Gasteiger partial charge in [0.15, 0.2) is 0 Å². The molecule has 1 unspecified atom stereocenters. The van der Waals surface area contributed by atoms with E-state index in [2.05, 4.69) is 15.3 Å². The summed E-state index contributed by atoms with van der Waals surface area (Å²) in [7, 11) is 0. The molecule has 0 fully saturated rings. The number of rotatable bonds is 6. The molecule has 0 spiro atoms. The van der Waals surface area contributed by atoms with Gasteiger partial charge in [-0.3, -0.25) is 0 Å². The summed E-state index contributed by atoms with van der Waals surface area (Å²) < 4.78 is 0.919. The molecule has 1 atom stereocenters. The average molecular weight is 279 g/mol. The number of hydrogen-bond donors (Lipinski definition) is 2. The standard InChI is InChI=1S/C13H17N3O2S/c1-3-4-5-9(13(17)18)16-12-11-10(14-7-15-12)8(2)6-19-11/h6-7,9H,3-5H2,1-2H3,(H,17,18)(H,14,15,16). The second-order valence-electron chi connectivity index (χ2n) is 4.50. The highest BCUT2D eigenvalue weighted by Gasteiger charge is 2.19. The highest BCUT2D eigenvalue weighted by atomic mass is 32.1. The van der Waals surface area contributed by atoms with Crippen LogP contribution < -0.4 is 5.32 Å². The van der Waals surface area contributed by atoms with Crippen molar-refractivity contribution in [1.29, 1.82) is 0 Å². The Morgan fingerprint density at radius 2 is 2.32 bits per heavy atom. The smallest absolute Gasteiger partial charge is 0.326 e. The summed E-state index contributed by atoms with van der Waals surface area (Å²) in [4.78, 5) is 19.7. The third-order valence-electron chi connectivity index (χ3n) is 2.99. The fourth-order valence-electron chi connectivity index (χ4n) is 1.90. The Morgan fingerprint density at radius 1 is 1.53 bits per heavy atom. The Hall–Kier alpha value is -1.69. The zero-order valence-corrected chi connectivity index (χ0v) is 11.8. The monoisotopic (exact) mass is 279 g/mol. The number of aromatic nitrogens is 2. The SMILES string of the molecule is CCCCC(Nc1ncnc2c(C)csc12)C(=O)O. The molecule has 0 aliphatic heterocycles. The van der Waals surface area contributed by atoms with Crippen LogP contribution in [0.25, 0.3) is 10.2 Å². The third kappa shape index (κ3) is 3.01. The van der Waals surface area contributed by atoms with Gasteiger partial charge in [-0.1, -0.05) is 19.8 Å². The van der Waals surface area contributed by atoms with Crippen LogP contribution in [0, 0.1) is 6.92 Å². The van der Waals surface area contributed by atoms with Gasteiger partial charge in [-0.2, -0.15) is 0 Å². The molecule has 5 nitrogen and oxygen atoms in total. The zero-order chi connectivity index (χ0) is 13.8. The van der Waals surface area contributed by atoms with Crippen molar-refractivity contribution in [3.8, 4) is 0 Å². The number of fused-ring (bicyclic) bond motifs is 1. The van der Waals surface area contributed by atoms with Gasteiger partial charge in [0, 0.05) is 0 Å². The van der Waals surface area contributed by atoms with E-state index in [0.717, 1.165) is 28.6 Å². The molecule has 2 aromatic heterocycles. The first-order valence-electron chi connectivity index (χ1n) is 6.31. The van der Waals surface area contributed by atoms with E-state index in [-0.39, 0.29) is 0 Å². The Bertz CT molecular complexity index is 582. The first-order chi connectivity index (χ1) is 9.13. The summed E-state index contributed by atoms with van der Waals surface area (Å²) in [5.41, 5.74) is 1.98. The number of carboxylic acids is 1. The van der Waals surface area contributed by atoms with Crippen molar-refractivity contribution in [3.63, 3.8) is 0 Å². The molecule has 0 radical (unpaired) electrons. The van der Waals surface area contributed by atoms with E-state index in [1.807, 2.05) is 19.2 Å². The molecule has 19 heavy (non-hydrogen) atoms. The van der Waals surface area contributed by atoms with Crippen molar-refractivity contribution in [3.05, 3.63) is 17.3 Å². The summed E-state index contributed by atoms with van der Waals surface area (Å²) in [5.74, 6) is -0.222. The number of carbonyl (C=O) groups is 1. The lowest BCUT2D eigenvalue weighted by Gasteiger charge is -2.14. The molecule has 0 aliphatic carbocycles. The molecule has 0 saturated heterocycles. The normalized spacial score (nSPS) is 12.5. The van der Waals surface area contributed by atoms with Crippen molar-refractivity contribution in [2.45, 2.75) is 39.2 Å². The average Bonchev–Trinajstić information content (AvgIpc) is 2.77. The number of nitrogens with zero attached hydrogens (tertiary/aromatic N) is 2. The van der Waals surface area contributed by atoms with Crippen LogP contribution in [0.5, 0.6) is 0 Å². The van der Waals surface area contributed by atoms with E-state index in [1.54, 1.807) is 0 Å². The summed E-state index contributed by atoms with van der Waals surface area (Å²) >= 11 is 1.54. The second kappa shape index (κ2) is 5.97. The fourth-order valence-corrected chi connectivity index (χ4v) is 2.86. The van der Waals surface area contributed by atoms with Crippen LogP contribution in [0.15, 0.2) is 11.7 Å². The number of aliphatic carboxylic acids is 1. The Labute approximate surface area is 115 Å². The quantitative estimate of drug-likeness (QED) is 0.850. The highest BCUT2D eigenvalue weighted by Crippen LogP contribution is 2.29. The molecule has 2 heterocycles. The van der Waals surface area contributed by atoms with Gasteiger partial charge < -0.3 is 10.4 Å². The lowest BCUT2D eigenvalue weighted by molar-refractivity contribution is -0.138. The maximum absolute atomic E-state index is 11.2. The van der Waals surface area contributed by atoms with Crippen LogP contribution in [0.4, 0.5) is 5.82 Å². The van der Waals surface area contributed by atoms with Crippen LogP contribution >= 0.6 is 11.3 Å². The maximum atomic E-state index is 11.2. The van der Waals surface area contributed by atoms with Crippen molar-refractivity contribution in [1.82, 2.24) is 9.97 Å². The van der Waals surface area contributed by atoms with Crippen molar-refractivity contribution in [2.24, 2.45) is 0 Å². The molecular weight excluding hydrogens is 262 g/mol. The molecule has 0 bridgehead atoms. The number of carboxylic acid groups (broad SMARTS) is 1. The van der Waals surface area contributed by atoms with Crippen LogP contribution in [-0.2, 0) is 4.79 Å². The molecule has 2 rings (SSSR count). The number of aryl methyl sites for hydroxylation is 1. The minimum atomic E-state index is -0.839. The summed E-state index contributed by atoms with van der Waals surface area (Å²) in [6, 6.07) is -0.597. The van der Waals surface area contributed by atoms with Gasteiger partial charge in [0.25, 0.3) is 0 Å². The maximum Gasteiger partial charge on any atom is 0.326 e. The van der Waals surface area contributed by atoms with E-state index in [9.17, 15) is 9.90 Å². The van der Waals surface area contributed by atoms with Crippen molar-refractivity contribution in [2.75, 3.05) is 5.32 Å². The molecule has 2 aromatic rings. The fraction of sp³-hybridized carbons (Fsp3) is 0.462. The first kappa shape index (κ1) is 13.7. The van der Waals surface area contributed by atoms with E-state index in [0.29, 0.717) is 12.2 Å². The van der Waals surface area contributed by atoms with E-state index < -0.39 is 12.0 Å². The van der Waals surface area contributed by atoms with Gasteiger partial charge in [0.2, 0.25) is 0 Å². The molecule has 0 amide bonds. The largest absolute Gasteiger partial charge is 0.480 e. The molecule has 6 heteroatoms. The Balaban J connectivity index is 2.26. The van der Waals surface area contributed by atoms with Gasteiger partial charge >= 0.3 is 5.97 Å². The zero-order valence-electron chi connectivity index (χ0n) is 11.0. The topological polar surface area (TPSA) is 75.1 Å². The van der Waals surface area contributed by atoms with Crippen molar-refractivity contribution >= 4 is 33.3 Å². The minimum Gasteiger partial charge on any atom is -0.480 e. The van der Waals surface area contributed by atoms with Crippen LogP contribution in [0.3, 0.4) is 0 Å². The molecule has 0 aliphatic rings.